The molecule has 170 valence electrons. The van der Waals surface area contributed by atoms with Crippen LogP contribution in [0.1, 0.15) is 31.0 Å². The monoisotopic (exact) mass is 446 g/mol. The van der Waals surface area contributed by atoms with Gasteiger partial charge in [-0.3, -0.25) is 9.59 Å². The molecule has 0 spiro atoms. The van der Waals surface area contributed by atoms with Crippen molar-refractivity contribution in [2.45, 2.75) is 19.9 Å². The van der Waals surface area contributed by atoms with Crippen molar-refractivity contribution in [1.29, 1.82) is 0 Å². The Labute approximate surface area is 192 Å². The maximum absolute atomic E-state index is 14.9. The van der Waals surface area contributed by atoms with Crippen LogP contribution in [0, 0.1) is 5.82 Å². The molecular weight excluding hydrogens is 419 g/mol. The van der Waals surface area contributed by atoms with E-state index < -0.39 is 23.5 Å². The summed E-state index contributed by atoms with van der Waals surface area (Å²) in [7, 11) is 0. The number of fused-ring (bicyclic) bond motifs is 1. The average molecular weight is 447 g/mol. The van der Waals surface area contributed by atoms with Crippen LogP contribution in [0.5, 0.6) is 0 Å². The number of carbonyl (C=O) groups excluding carboxylic acids is 2. The highest BCUT2D eigenvalue weighted by Crippen LogP contribution is 2.40. The van der Waals surface area contributed by atoms with Gasteiger partial charge in [0.05, 0.1) is 11.6 Å². The van der Waals surface area contributed by atoms with Crippen LogP contribution in [-0.2, 0) is 9.59 Å². The molecule has 3 aromatic carbocycles. The molecule has 0 saturated carbocycles. The SMILES string of the molecule is CCN(CC)CCN1C(=O)C(=O)/C(=C(/O)c2ccc3ccccc3c2)C1c1ccccc1F. The first-order valence-corrected chi connectivity index (χ1v) is 11.2. The summed E-state index contributed by atoms with van der Waals surface area (Å²) < 4.78 is 14.9. The van der Waals surface area contributed by atoms with E-state index >= 15 is 0 Å². The molecule has 33 heavy (non-hydrogen) atoms. The van der Waals surface area contributed by atoms with Crippen LogP contribution in [0.4, 0.5) is 4.39 Å². The van der Waals surface area contributed by atoms with Crippen molar-refractivity contribution >= 4 is 28.2 Å². The first-order chi connectivity index (χ1) is 16.0. The van der Waals surface area contributed by atoms with Crippen molar-refractivity contribution < 1.29 is 19.1 Å². The minimum atomic E-state index is -0.992. The Kier molecular flexibility index (Phi) is 6.56. The molecule has 1 unspecified atom stereocenters. The van der Waals surface area contributed by atoms with Gasteiger partial charge in [-0.1, -0.05) is 68.4 Å². The Bertz CT molecular complexity index is 1230. The molecule has 1 aliphatic rings. The Morgan fingerprint density at radius 3 is 2.33 bits per heavy atom. The second-order valence-electron chi connectivity index (χ2n) is 8.10. The summed E-state index contributed by atoms with van der Waals surface area (Å²) in [5, 5.41) is 13.1. The van der Waals surface area contributed by atoms with Gasteiger partial charge in [0, 0.05) is 24.2 Å². The highest BCUT2D eigenvalue weighted by molar-refractivity contribution is 6.46. The maximum atomic E-state index is 14.9. The van der Waals surface area contributed by atoms with E-state index in [1.54, 1.807) is 30.3 Å². The maximum Gasteiger partial charge on any atom is 0.295 e. The largest absolute Gasteiger partial charge is 0.507 e. The van der Waals surface area contributed by atoms with Gasteiger partial charge in [-0.25, -0.2) is 4.39 Å². The number of nitrogens with zero attached hydrogens (tertiary/aromatic N) is 2. The summed E-state index contributed by atoms with van der Waals surface area (Å²) in [6.07, 6.45) is 0. The van der Waals surface area contributed by atoms with Gasteiger partial charge in [0.15, 0.2) is 0 Å². The van der Waals surface area contributed by atoms with Gasteiger partial charge in [-0.2, -0.15) is 0 Å². The van der Waals surface area contributed by atoms with E-state index in [0.29, 0.717) is 12.1 Å². The molecule has 3 aromatic rings. The molecule has 1 amide bonds. The van der Waals surface area contributed by atoms with Gasteiger partial charge in [-0.05, 0) is 36.0 Å². The lowest BCUT2D eigenvalue weighted by molar-refractivity contribution is -0.140. The molecule has 0 aromatic heterocycles. The molecule has 1 saturated heterocycles. The number of aliphatic hydroxyl groups is 1. The minimum absolute atomic E-state index is 0.0834. The molecule has 0 radical (unpaired) electrons. The van der Waals surface area contributed by atoms with Crippen molar-refractivity contribution in [3.63, 3.8) is 0 Å². The topological polar surface area (TPSA) is 60.9 Å². The number of amides is 1. The van der Waals surface area contributed by atoms with Crippen LogP contribution >= 0.6 is 0 Å². The summed E-state index contributed by atoms with van der Waals surface area (Å²) in [5.41, 5.74) is 0.523. The number of carbonyl (C=O) groups is 2. The number of Topliss-reactive ketones (excluding diaryl/α,β-unsaturated/α-hetero) is 1. The van der Waals surface area contributed by atoms with Gasteiger partial charge >= 0.3 is 0 Å². The number of hydrogen-bond donors (Lipinski definition) is 1. The number of benzene rings is 3. The molecule has 1 atom stereocenters. The van der Waals surface area contributed by atoms with Gasteiger partial charge in [0.2, 0.25) is 0 Å². The summed E-state index contributed by atoms with van der Waals surface area (Å²) in [5.74, 6) is -2.34. The molecule has 4 rings (SSSR count). The van der Waals surface area contributed by atoms with Crippen LogP contribution in [0.3, 0.4) is 0 Å². The third kappa shape index (κ3) is 4.26. The zero-order valence-electron chi connectivity index (χ0n) is 18.8. The zero-order chi connectivity index (χ0) is 23.5. The van der Waals surface area contributed by atoms with Crippen molar-refractivity contribution in [1.82, 2.24) is 9.80 Å². The predicted molar refractivity (Wildman–Crippen MR) is 127 cm³/mol. The Morgan fingerprint density at radius 1 is 0.970 bits per heavy atom. The number of likely N-dealkylation sites (tertiary alicyclic amines) is 1. The van der Waals surface area contributed by atoms with E-state index in [1.807, 2.05) is 44.2 Å². The second-order valence-corrected chi connectivity index (χ2v) is 8.10. The third-order valence-electron chi connectivity index (χ3n) is 6.31. The fraction of sp³-hybridized carbons (Fsp3) is 0.259. The lowest BCUT2D eigenvalue weighted by Gasteiger charge is -2.28. The molecule has 1 N–H and O–H groups in total. The van der Waals surface area contributed by atoms with Crippen LogP contribution in [0.2, 0.25) is 0 Å². The fourth-order valence-corrected chi connectivity index (χ4v) is 4.41. The van der Waals surface area contributed by atoms with E-state index in [9.17, 15) is 19.1 Å². The summed E-state index contributed by atoms with van der Waals surface area (Å²) in [4.78, 5) is 29.7. The molecule has 1 aliphatic heterocycles. The van der Waals surface area contributed by atoms with Crippen LogP contribution < -0.4 is 0 Å². The molecule has 5 nitrogen and oxygen atoms in total. The minimum Gasteiger partial charge on any atom is -0.507 e. The van der Waals surface area contributed by atoms with E-state index in [4.69, 9.17) is 0 Å². The number of aliphatic hydroxyl groups excluding tert-OH is 1. The van der Waals surface area contributed by atoms with Crippen molar-refractivity contribution in [2.24, 2.45) is 0 Å². The van der Waals surface area contributed by atoms with E-state index in [-0.39, 0.29) is 23.4 Å². The molecule has 1 fully saturated rings. The summed E-state index contributed by atoms with van der Waals surface area (Å²) in [6.45, 7) is 6.42. The van der Waals surface area contributed by atoms with E-state index in [1.165, 1.54) is 11.0 Å². The van der Waals surface area contributed by atoms with Crippen molar-refractivity contribution in [3.05, 3.63) is 89.2 Å². The molecule has 0 aliphatic carbocycles. The van der Waals surface area contributed by atoms with Crippen LogP contribution in [0.25, 0.3) is 16.5 Å². The summed E-state index contributed by atoms with van der Waals surface area (Å²) >= 11 is 0. The predicted octanol–water partition coefficient (Wildman–Crippen LogP) is 4.74. The Hall–Kier alpha value is -3.51. The lowest BCUT2D eigenvalue weighted by atomic mass is 9.94. The van der Waals surface area contributed by atoms with E-state index in [0.717, 1.165) is 23.9 Å². The lowest BCUT2D eigenvalue weighted by Crippen LogP contribution is -2.38. The smallest absolute Gasteiger partial charge is 0.295 e. The van der Waals surface area contributed by atoms with Crippen LogP contribution in [0.15, 0.2) is 72.3 Å². The van der Waals surface area contributed by atoms with Crippen LogP contribution in [-0.4, -0.2) is 52.8 Å². The fourth-order valence-electron chi connectivity index (χ4n) is 4.41. The molecular formula is C27H27FN2O3. The molecule has 1 heterocycles. The number of halogens is 1. The number of likely N-dealkylation sites (N-methyl/N-ethyl adjacent to an activating group) is 1. The highest BCUT2D eigenvalue weighted by atomic mass is 19.1. The number of ketones is 1. The first kappa shape index (κ1) is 22.7. The second kappa shape index (κ2) is 9.55. The zero-order valence-corrected chi connectivity index (χ0v) is 18.8. The van der Waals surface area contributed by atoms with Gasteiger partial charge in [0.1, 0.15) is 11.6 Å². The standard InChI is InChI=1S/C27H27FN2O3/c1-3-29(4-2)15-16-30-24(21-11-7-8-12-22(21)28)23(26(32)27(30)33)25(31)20-14-13-18-9-5-6-10-19(18)17-20/h5-14,17,24,31H,3-4,15-16H2,1-2H3/b25-23+. The van der Waals surface area contributed by atoms with Crippen molar-refractivity contribution in [3.8, 4) is 0 Å². The Balaban J connectivity index is 1.84. The van der Waals surface area contributed by atoms with Crippen molar-refractivity contribution in [2.75, 3.05) is 26.2 Å². The van der Waals surface area contributed by atoms with Gasteiger partial charge < -0.3 is 14.9 Å². The average Bonchev–Trinajstić information content (AvgIpc) is 3.09. The first-order valence-electron chi connectivity index (χ1n) is 11.2. The normalized spacial score (nSPS) is 17.9. The highest BCUT2D eigenvalue weighted by Gasteiger charge is 2.46. The molecule has 0 bridgehead atoms. The number of rotatable bonds is 7. The molecule has 6 heteroatoms. The third-order valence-corrected chi connectivity index (χ3v) is 6.31. The van der Waals surface area contributed by atoms with Gasteiger partial charge in [0.25, 0.3) is 11.7 Å². The van der Waals surface area contributed by atoms with E-state index in [2.05, 4.69) is 4.90 Å². The summed E-state index contributed by atoms with van der Waals surface area (Å²) in [6, 6.07) is 18.1. The Morgan fingerprint density at radius 2 is 1.64 bits per heavy atom. The van der Waals surface area contributed by atoms with Gasteiger partial charge in [-0.15, -0.1) is 0 Å². The quantitative estimate of drug-likeness (QED) is 0.323. The number of hydrogen-bond acceptors (Lipinski definition) is 4.